The Hall–Kier alpha value is -2.40. The molecule has 1 amide bonds. The summed E-state index contributed by atoms with van der Waals surface area (Å²) >= 11 is 0. The van der Waals surface area contributed by atoms with Gasteiger partial charge in [0.25, 0.3) is 0 Å². The number of likely N-dealkylation sites (tertiary alicyclic amines) is 1. The van der Waals surface area contributed by atoms with E-state index in [1.54, 1.807) is 0 Å². The van der Waals surface area contributed by atoms with Crippen LogP contribution in [0.25, 0.3) is 11.3 Å². The van der Waals surface area contributed by atoms with Crippen LogP contribution in [-0.2, 0) is 11.3 Å². The van der Waals surface area contributed by atoms with Crippen molar-refractivity contribution < 1.29 is 9.32 Å². The molecule has 5 nitrogen and oxygen atoms in total. The molecule has 1 aromatic heterocycles. The predicted octanol–water partition coefficient (Wildman–Crippen LogP) is 2.53. The number of aromatic nitrogens is 1. The van der Waals surface area contributed by atoms with E-state index in [-0.39, 0.29) is 11.9 Å². The highest BCUT2D eigenvalue weighted by atomic mass is 16.5. The molecule has 120 valence electrons. The lowest BCUT2D eigenvalue weighted by Gasteiger charge is -2.14. The molecule has 1 aliphatic heterocycles. The highest BCUT2D eigenvalue weighted by Crippen LogP contribution is 2.21. The second kappa shape index (κ2) is 6.79. The standard InChI is InChI=1S/C18H21N3O2/c1-3-18(22)19-15-8-9-21(11-15)12-16-10-17(20-23-16)14-6-4-13(2)5-7-14/h3-7,10,15H,1,8-9,11-12H2,2H3,(H,19,22). The van der Waals surface area contributed by atoms with Gasteiger partial charge in [-0.15, -0.1) is 0 Å². The number of carbonyl (C=O) groups is 1. The Bertz CT molecular complexity index is 691. The van der Waals surface area contributed by atoms with Crippen LogP contribution in [0.15, 0.2) is 47.5 Å². The lowest BCUT2D eigenvalue weighted by Crippen LogP contribution is -2.35. The molecule has 0 saturated carbocycles. The average Bonchev–Trinajstić information content (AvgIpc) is 3.18. The van der Waals surface area contributed by atoms with Gasteiger partial charge in [0.15, 0.2) is 5.76 Å². The van der Waals surface area contributed by atoms with Gasteiger partial charge in [0, 0.05) is 30.8 Å². The number of rotatable bonds is 5. The molecule has 0 aliphatic carbocycles. The highest BCUT2D eigenvalue weighted by Gasteiger charge is 2.24. The van der Waals surface area contributed by atoms with Gasteiger partial charge < -0.3 is 9.84 Å². The van der Waals surface area contributed by atoms with Gasteiger partial charge in [-0.2, -0.15) is 0 Å². The first-order valence-corrected chi connectivity index (χ1v) is 7.82. The SMILES string of the molecule is C=CC(=O)NC1CCN(Cc2cc(-c3ccc(C)cc3)no2)C1. The van der Waals surface area contributed by atoms with Crippen LogP contribution in [0.3, 0.4) is 0 Å². The summed E-state index contributed by atoms with van der Waals surface area (Å²) in [6, 6.07) is 10.4. The molecule has 3 rings (SSSR count). The number of hydrogen-bond donors (Lipinski definition) is 1. The maximum absolute atomic E-state index is 11.3. The Labute approximate surface area is 136 Å². The molecule has 1 aliphatic rings. The number of amides is 1. The number of nitrogens with one attached hydrogen (secondary N) is 1. The Morgan fingerprint density at radius 3 is 3.00 bits per heavy atom. The lowest BCUT2D eigenvalue weighted by molar-refractivity contribution is -0.117. The van der Waals surface area contributed by atoms with Crippen molar-refractivity contribution >= 4 is 5.91 Å². The molecule has 1 aromatic carbocycles. The van der Waals surface area contributed by atoms with Gasteiger partial charge in [0.05, 0.1) is 6.54 Å². The van der Waals surface area contributed by atoms with Crippen molar-refractivity contribution in [1.82, 2.24) is 15.4 Å². The molecular weight excluding hydrogens is 290 g/mol. The highest BCUT2D eigenvalue weighted by molar-refractivity contribution is 5.87. The second-order valence-electron chi connectivity index (χ2n) is 5.98. The minimum Gasteiger partial charge on any atom is -0.359 e. The zero-order valence-corrected chi connectivity index (χ0v) is 13.3. The van der Waals surface area contributed by atoms with E-state index in [1.165, 1.54) is 11.6 Å². The Morgan fingerprint density at radius 2 is 2.26 bits per heavy atom. The average molecular weight is 311 g/mol. The van der Waals surface area contributed by atoms with E-state index < -0.39 is 0 Å². The molecule has 0 radical (unpaired) electrons. The van der Waals surface area contributed by atoms with E-state index in [9.17, 15) is 4.79 Å². The molecule has 1 fully saturated rings. The number of benzene rings is 1. The van der Waals surface area contributed by atoms with E-state index in [2.05, 4.69) is 41.0 Å². The minimum absolute atomic E-state index is 0.113. The van der Waals surface area contributed by atoms with E-state index in [1.807, 2.05) is 18.2 Å². The topological polar surface area (TPSA) is 58.4 Å². The third-order valence-electron chi connectivity index (χ3n) is 4.09. The summed E-state index contributed by atoms with van der Waals surface area (Å²) in [5.74, 6) is 0.731. The maximum Gasteiger partial charge on any atom is 0.243 e. The number of aryl methyl sites for hydroxylation is 1. The van der Waals surface area contributed by atoms with Crippen LogP contribution in [0.4, 0.5) is 0 Å². The first kappa shape index (κ1) is 15.5. The van der Waals surface area contributed by atoms with Gasteiger partial charge in [-0.25, -0.2) is 0 Å². The van der Waals surface area contributed by atoms with Gasteiger partial charge in [0.2, 0.25) is 5.91 Å². The van der Waals surface area contributed by atoms with Crippen LogP contribution < -0.4 is 5.32 Å². The summed E-state index contributed by atoms with van der Waals surface area (Å²) in [5, 5.41) is 7.09. The molecular formula is C18H21N3O2. The van der Waals surface area contributed by atoms with Crippen LogP contribution in [0.5, 0.6) is 0 Å². The van der Waals surface area contributed by atoms with Crippen molar-refractivity contribution in [3.05, 3.63) is 54.3 Å². The smallest absolute Gasteiger partial charge is 0.243 e. The summed E-state index contributed by atoms with van der Waals surface area (Å²) < 4.78 is 5.45. The number of nitrogens with zero attached hydrogens (tertiary/aromatic N) is 2. The Balaban J connectivity index is 1.58. The Kier molecular flexibility index (Phi) is 4.57. The first-order chi connectivity index (χ1) is 11.1. The zero-order valence-electron chi connectivity index (χ0n) is 13.3. The monoisotopic (exact) mass is 311 g/mol. The molecule has 0 bridgehead atoms. The van der Waals surface area contributed by atoms with Crippen molar-refractivity contribution in [2.24, 2.45) is 0 Å². The molecule has 23 heavy (non-hydrogen) atoms. The molecule has 1 unspecified atom stereocenters. The largest absolute Gasteiger partial charge is 0.359 e. The van der Waals surface area contributed by atoms with Crippen LogP contribution in [0, 0.1) is 6.92 Å². The van der Waals surface area contributed by atoms with Crippen molar-refractivity contribution in [2.45, 2.75) is 25.9 Å². The zero-order chi connectivity index (χ0) is 16.2. The lowest BCUT2D eigenvalue weighted by atomic mass is 10.1. The van der Waals surface area contributed by atoms with E-state index >= 15 is 0 Å². The molecule has 5 heteroatoms. The summed E-state index contributed by atoms with van der Waals surface area (Å²) in [7, 11) is 0. The van der Waals surface area contributed by atoms with Gasteiger partial charge in [-0.3, -0.25) is 9.69 Å². The van der Waals surface area contributed by atoms with Gasteiger partial charge in [-0.1, -0.05) is 41.6 Å². The Morgan fingerprint density at radius 1 is 1.48 bits per heavy atom. The van der Waals surface area contributed by atoms with E-state index in [4.69, 9.17) is 4.52 Å². The van der Waals surface area contributed by atoms with Gasteiger partial charge in [0.1, 0.15) is 5.69 Å². The minimum atomic E-state index is -0.113. The maximum atomic E-state index is 11.3. The number of hydrogen-bond acceptors (Lipinski definition) is 4. The van der Waals surface area contributed by atoms with Crippen molar-refractivity contribution in [3.63, 3.8) is 0 Å². The third-order valence-corrected chi connectivity index (χ3v) is 4.09. The third kappa shape index (κ3) is 3.87. The fourth-order valence-electron chi connectivity index (χ4n) is 2.82. The molecule has 1 saturated heterocycles. The van der Waals surface area contributed by atoms with Gasteiger partial charge in [-0.05, 0) is 19.4 Å². The normalized spacial score (nSPS) is 18.0. The number of carbonyl (C=O) groups excluding carboxylic acids is 1. The molecule has 2 aromatic rings. The first-order valence-electron chi connectivity index (χ1n) is 7.82. The summed E-state index contributed by atoms with van der Waals surface area (Å²) in [4.78, 5) is 13.6. The summed E-state index contributed by atoms with van der Waals surface area (Å²) in [6.07, 6.45) is 2.26. The van der Waals surface area contributed by atoms with E-state index in [0.717, 1.165) is 36.5 Å². The predicted molar refractivity (Wildman–Crippen MR) is 88.7 cm³/mol. The fraction of sp³-hybridized carbons (Fsp3) is 0.333. The van der Waals surface area contributed by atoms with Crippen molar-refractivity contribution in [2.75, 3.05) is 13.1 Å². The van der Waals surface area contributed by atoms with Crippen LogP contribution in [-0.4, -0.2) is 35.1 Å². The molecule has 2 heterocycles. The molecule has 1 N–H and O–H groups in total. The van der Waals surface area contributed by atoms with Gasteiger partial charge >= 0.3 is 0 Å². The quantitative estimate of drug-likeness (QED) is 0.862. The van der Waals surface area contributed by atoms with Crippen molar-refractivity contribution in [3.8, 4) is 11.3 Å². The molecule has 1 atom stereocenters. The second-order valence-corrected chi connectivity index (χ2v) is 5.98. The van der Waals surface area contributed by atoms with E-state index in [0.29, 0.717) is 6.54 Å². The fourth-order valence-corrected chi connectivity index (χ4v) is 2.82. The summed E-state index contributed by atoms with van der Waals surface area (Å²) in [6.45, 7) is 8.00. The molecule has 0 spiro atoms. The van der Waals surface area contributed by atoms with Crippen LogP contribution >= 0.6 is 0 Å². The summed E-state index contributed by atoms with van der Waals surface area (Å²) in [5.41, 5.74) is 3.14. The van der Waals surface area contributed by atoms with Crippen LogP contribution in [0.2, 0.25) is 0 Å². The van der Waals surface area contributed by atoms with Crippen LogP contribution in [0.1, 0.15) is 17.7 Å². The van der Waals surface area contributed by atoms with Crippen molar-refractivity contribution in [1.29, 1.82) is 0 Å².